The van der Waals surface area contributed by atoms with Gasteiger partial charge in [0.2, 0.25) is 5.91 Å². The Morgan fingerprint density at radius 3 is 2.40 bits per heavy atom. The van der Waals surface area contributed by atoms with Crippen LogP contribution in [0.2, 0.25) is 0 Å². The minimum absolute atomic E-state index is 0.148. The van der Waals surface area contributed by atoms with Gasteiger partial charge < -0.3 is 10.1 Å². The molecule has 6 nitrogen and oxygen atoms in total. The SMILES string of the molecule is CCOc1ccc(NC(=O)CSc2ccc(=O)n(-c3ccc(C(C)C)cc3)n2)cc1. The molecule has 3 rings (SSSR count). The largest absolute Gasteiger partial charge is 0.494 e. The Morgan fingerprint density at radius 1 is 1.07 bits per heavy atom. The smallest absolute Gasteiger partial charge is 0.271 e. The maximum absolute atomic E-state index is 12.3. The lowest BCUT2D eigenvalue weighted by atomic mass is 10.0. The maximum atomic E-state index is 12.3. The molecule has 0 fully saturated rings. The summed E-state index contributed by atoms with van der Waals surface area (Å²) < 4.78 is 6.75. The number of benzene rings is 2. The number of rotatable bonds is 8. The van der Waals surface area contributed by atoms with E-state index in [9.17, 15) is 9.59 Å². The highest BCUT2D eigenvalue weighted by Gasteiger charge is 2.08. The summed E-state index contributed by atoms with van der Waals surface area (Å²) >= 11 is 1.28. The molecule has 1 amide bonds. The van der Waals surface area contributed by atoms with E-state index in [1.807, 2.05) is 43.3 Å². The van der Waals surface area contributed by atoms with E-state index in [-0.39, 0.29) is 17.2 Å². The van der Waals surface area contributed by atoms with Crippen molar-refractivity contribution in [2.24, 2.45) is 0 Å². The summed E-state index contributed by atoms with van der Waals surface area (Å²) in [6.07, 6.45) is 0. The number of amides is 1. The van der Waals surface area contributed by atoms with E-state index < -0.39 is 0 Å². The molecule has 3 aromatic rings. The van der Waals surface area contributed by atoms with E-state index in [0.717, 1.165) is 5.75 Å². The van der Waals surface area contributed by atoms with Crippen LogP contribution in [-0.4, -0.2) is 28.0 Å². The third-order valence-corrected chi connectivity index (χ3v) is 5.30. The molecular weight excluding hydrogens is 398 g/mol. The third-order valence-electron chi connectivity index (χ3n) is 4.38. The molecule has 0 saturated carbocycles. The van der Waals surface area contributed by atoms with Crippen LogP contribution in [0, 0.1) is 0 Å². The number of thioether (sulfide) groups is 1. The fourth-order valence-electron chi connectivity index (χ4n) is 2.79. The van der Waals surface area contributed by atoms with E-state index in [1.165, 1.54) is 28.1 Å². The Balaban J connectivity index is 1.63. The number of hydrogen-bond acceptors (Lipinski definition) is 5. The summed E-state index contributed by atoms with van der Waals surface area (Å²) in [6, 6.07) is 18.1. The molecule has 156 valence electrons. The Labute approximate surface area is 180 Å². The van der Waals surface area contributed by atoms with Gasteiger partial charge in [-0.15, -0.1) is 0 Å². The van der Waals surface area contributed by atoms with Crippen LogP contribution in [0.5, 0.6) is 5.75 Å². The molecule has 0 atom stereocenters. The van der Waals surface area contributed by atoms with Crippen molar-refractivity contribution in [3.8, 4) is 11.4 Å². The number of nitrogens with zero attached hydrogens (tertiary/aromatic N) is 2. The molecule has 0 aliphatic carbocycles. The van der Waals surface area contributed by atoms with Crippen molar-refractivity contribution in [1.29, 1.82) is 0 Å². The average molecular weight is 424 g/mol. The topological polar surface area (TPSA) is 73.2 Å². The van der Waals surface area contributed by atoms with E-state index in [4.69, 9.17) is 4.74 Å². The van der Waals surface area contributed by atoms with Crippen LogP contribution in [0.3, 0.4) is 0 Å². The van der Waals surface area contributed by atoms with Gasteiger partial charge in [0, 0.05) is 11.8 Å². The van der Waals surface area contributed by atoms with Crippen LogP contribution in [0.4, 0.5) is 5.69 Å². The fourth-order valence-corrected chi connectivity index (χ4v) is 3.45. The summed E-state index contributed by atoms with van der Waals surface area (Å²) in [6.45, 7) is 6.76. The Bertz CT molecular complexity index is 1040. The van der Waals surface area contributed by atoms with Crippen LogP contribution in [-0.2, 0) is 4.79 Å². The van der Waals surface area contributed by atoms with Gasteiger partial charge in [0.15, 0.2) is 0 Å². The highest BCUT2D eigenvalue weighted by atomic mass is 32.2. The van der Waals surface area contributed by atoms with E-state index in [1.54, 1.807) is 18.2 Å². The molecular formula is C23H25N3O3S. The molecule has 0 unspecified atom stereocenters. The Hall–Kier alpha value is -3.06. The number of nitrogens with one attached hydrogen (secondary N) is 1. The van der Waals surface area contributed by atoms with E-state index in [2.05, 4.69) is 24.3 Å². The van der Waals surface area contributed by atoms with Gasteiger partial charge in [-0.25, -0.2) is 0 Å². The molecule has 30 heavy (non-hydrogen) atoms. The van der Waals surface area contributed by atoms with Crippen molar-refractivity contribution < 1.29 is 9.53 Å². The zero-order valence-corrected chi connectivity index (χ0v) is 18.1. The molecule has 1 N–H and O–H groups in total. The molecule has 2 aromatic carbocycles. The third kappa shape index (κ3) is 5.73. The molecule has 1 aromatic heterocycles. The van der Waals surface area contributed by atoms with Gasteiger partial charge in [0.1, 0.15) is 10.8 Å². The van der Waals surface area contributed by atoms with Crippen LogP contribution >= 0.6 is 11.8 Å². The van der Waals surface area contributed by atoms with Crippen LogP contribution in [0.25, 0.3) is 5.69 Å². The van der Waals surface area contributed by atoms with Gasteiger partial charge >= 0.3 is 0 Å². The van der Waals surface area contributed by atoms with Crippen molar-refractivity contribution in [1.82, 2.24) is 9.78 Å². The number of carbonyl (C=O) groups excluding carboxylic acids is 1. The molecule has 0 aliphatic heterocycles. The number of carbonyl (C=O) groups is 1. The quantitative estimate of drug-likeness (QED) is 0.541. The first kappa shape index (κ1) is 21.6. The molecule has 0 aliphatic rings. The fraction of sp³-hybridized carbons (Fsp3) is 0.261. The van der Waals surface area contributed by atoms with Crippen LogP contribution in [0.1, 0.15) is 32.3 Å². The predicted octanol–water partition coefficient (Wildman–Crippen LogP) is 4.49. The second-order valence-corrected chi connectivity index (χ2v) is 7.96. The summed E-state index contributed by atoms with van der Waals surface area (Å²) in [4.78, 5) is 24.5. The molecule has 0 radical (unpaired) electrons. The number of aromatic nitrogens is 2. The number of ether oxygens (including phenoxy) is 1. The van der Waals surface area contributed by atoms with Crippen molar-refractivity contribution in [3.05, 3.63) is 76.6 Å². The lowest BCUT2D eigenvalue weighted by Crippen LogP contribution is -2.21. The monoisotopic (exact) mass is 423 g/mol. The summed E-state index contributed by atoms with van der Waals surface area (Å²) in [5.41, 5.74) is 2.39. The average Bonchev–Trinajstić information content (AvgIpc) is 2.75. The second kappa shape index (κ2) is 10.1. The first-order chi connectivity index (χ1) is 14.5. The van der Waals surface area contributed by atoms with Crippen LogP contribution < -0.4 is 15.6 Å². The normalized spacial score (nSPS) is 10.8. The molecule has 0 spiro atoms. The van der Waals surface area contributed by atoms with Gasteiger partial charge in [-0.1, -0.05) is 37.7 Å². The summed E-state index contributed by atoms with van der Waals surface area (Å²) in [7, 11) is 0. The predicted molar refractivity (Wildman–Crippen MR) is 121 cm³/mol. The zero-order valence-electron chi connectivity index (χ0n) is 17.3. The van der Waals surface area contributed by atoms with Gasteiger partial charge in [0.05, 0.1) is 18.0 Å². The Kier molecular flexibility index (Phi) is 7.30. The van der Waals surface area contributed by atoms with E-state index >= 15 is 0 Å². The number of hydrogen-bond donors (Lipinski definition) is 1. The Morgan fingerprint density at radius 2 is 1.77 bits per heavy atom. The van der Waals surface area contributed by atoms with Crippen molar-refractivity contribution in [2.75, 3.05) is 17.7 Å². The lowest BCUT2D eigenvalue weighted by Gasteiger charge is -2.10. The van der Waals surface area contributed by atoms with Crippen molar-refractivity contribution >= 4 is 23.4 Å². The van der Waals surface area contributed by atoms with Gasteiger partial charge in [-0.05, 0) is 60.9 Å². The zero-order chi connectivity index (χ0) is 21.5. The van der Waals surface area contributed by atoms with Crippen molar-refractivity contribution in [2.45, 2.75) is 31.7 Å². The molecule has 0 bridgehead atoms. The highest BCUT2D eigenvalue weighted by molar-refractivity contribution is 7.99. The standard InChI is InChI=1S/C23H25N3O3S/c1-4-29-20-11-7-18(8-12-20)24-21(27)15-30-22-13-14-23(28)26(25-22)19-9-5-17(6-10-19)16(2)3/h5-14,16H,4,15H2,1-3H3,(H,24,27). The molecule has 1 heterocycles. The van der Waals surface area contributed by atoms with Gasteiger partial charge in [-0.2, -0.15) is 9.78 Å². The summed E-state index contributed by atoms with van der Waals surface area (Å²) in [5, 5.41) is 7.84. The minimum Gasteiger partial charge on any atom is -0.494 e. The molecule has 7 heteroatoms. The van der Waals surface area contributed by atoms with Gasteiger partial charge in [-0.3, -0.25) is 9.59 Å². The minimum atomic E-state index is -0.213. The maximum Gasteiger partial charge on any atom is 0.271 e. The van der Waals surface area contributed by atoms with Crippen molar-refractivity contribution in [3.63, 3.8) is 0 Å². The summed E-state index contributed by atoms with van der Waals surface area (Å²) in [5.74, 6) is 1.22. The lowest BCUT2D eigenvalue weighted by molar-refractivity contribution is -0.113. The first-order valence-corrected chi connectivity index (χ1v) is 10.8. The number of anilines is 1. The second-order valence-electron chi connectivity index (χ2n) is 6.96. The highest BCUT2D eigenvalue weighted by Crippen LogP contribution is 2.19. The van der Waals surface area contributed by atoms with Crippen LogP contribution in [0.15, 0.2) is 70.5 Å². The van der Waals surface area contributed by atoms with E-state index in [0.29, 0.717) is 28.9 Å². The van der Waals surface area contributed by atoms with Gasteiger partial charge in [0.25, 0.3) is 5.56 Å². The first-order valence-electron chi connectivity index (χ1n) is 9.82. The molecule has 0 saturated heterocycles.